The van der Waals surface area contributed by atoms with Gasteiger partial charge in [0.15, 0.2) is 5.11 Å². The third kappa shape index (κ3) is 4.85. The topological polar surface area (TPSA) is 88.5 Å². The van der Waals surface area contributed by atoms with Crippen molar-refractivity contribution in [1.82, 2.24) is 14.9 Å². The smallest absolute Gasteiger partial charge is 0.229 e. The number of thiocarbonyl (C=S) groups is 1. The highest BCUT2D eigenvalue weighted by Gasteiger charge is 2.42. The monoisotopic (exact) mass is 513 g/mol. The second kappa shape index (κ2) is 9.50. The van der Waals surface area contributed by atoms with Gasteiger partial charge in [-0.15, -0.1) is 0 Å². The first-order chi connectivity index (χ1) is 16.5. The molecule has 1 aliphatic heterocycles. The summed E-state index contributed by atoms with van der Waals surface area (Å²) >= 11 is 5.84. The fraction of sp³-hybridized carbons (Fsp3) is 0.360. The maximum absolute atomic E-state index is 12.0. The van der Waals surface area contributed by atoms with Crippen molar-refractivity contribution < 1.29 is 13.2 Å². The Balaban J connectivity index is 1.90. The lowest BCUT2D eigenvalue weighted by atomic mass is 9.96. The summed E-state index contributed by atoms with van der Waals surface area (Å²) in [7, 11) is -2.01. The van der Waals surface area contributed by atoms with E-state index in [1.807, 2.05) is 29.2 Å². The number of hydrogen-bond acceptors (Lipinski definition) is 5. The molecule has 186 valence electrons. The average Bonchev–Trinajstić information content (AvgIpc) is 3.28. The van der Waals surface area contributed by atoms with E-state index in [-0.39, 0.29) is 12.1 Å². The number of aromatic nitrogens is 2. The Morgan fingerprint density at radius 1 is 1.17 bits per heavy atom. The largest absolute Gasteiger partial charge is 0.495 e. The number of sulfonamides is 1. The van der Waals surface area contributed by atoms with Gasteiger partial charge in [-0.2, -0.15) is 0 Å². The van der Waals surface area contributed by atoms with E-state index >= 15 is 0 Å². The molecule has 3 heterocycles. The van der Waals surface area contributed by atoms with E-state index in [0.717, 1.165) is 28.9 Å². The highest BCUT2D eigenvalue weighted by atomic mass is 32.2. The van der Waals surface area contributed by atoms with Crippen molar-refractivity contribution in [3.8, 4) is 5.75 Å². The molecule has 3 aromatic rings. The first-order valence-electron chi connectivity index (χ1n) is 11.4. The van der Waals surface area contributed by atoms with Crippen molar-refractivity contribution in [2.45, 2.75) is 45.8 Å². The first kappa shape index (κ1) is 25.0. The van der Waals surface area contributed by atoms with E-state index in [9.17, 15) is 8.42 Å². The molecular weight excluding hydrogens is 482 g/mol. The molecule has 0 radical (unpaired) electrons. The van der Waals surface area contributed by atoms with E-state index in [0.29, 0.717) is 22.6 Å². The second-order valence-corrected chi connectivity index (χ2v) is 11.2. The van der Waals surface area contributed by atoms with Gasteiger partial charge in [0.2, 0.25) is 10.0 Å². The second-order valence-electron chi connectivity index (χ2n) is 9.05. The first-order valence-corrected chi connectivity index (χ1v) is 13.7. The zero-order valence-corrected chi connectivity index (χ0v) is 22.4. The van der Waals surface area contributed by atoms with Crippen molar-refractivity contribution in [3.63, 3.8) is 0 Å². The van der Waals surface area contributed by atoms with Crippen LogP contribution in [0, 0.1) is 13.8 Å². The number of pyridine rings is 1. The quantitative estimate of drug-likeness (QED) is 0.445. The minimum Gasteiger partial charge on any atom is -0.495 e. The number of ether oxygens (including phenoxy) is 1. The molecule has 8 nitrogen and oxygen atoms in total. The number of methoxy groups -OCH3 is 1. The third-order valence-corrected chi connectivity index (χ3v) is 7.12. The van der Waals surface area contributed by atoms with Crippen LogP contribution in [-0.2, 0) is 10.0 Å². The zero-order chi connectivity index (χ0) is 25.5. The Morgan fingerprint density at radius 3 is 2.49 bits per heavy atom. The molecule has 0 spiro atoms. The number of aryl methyl sites for hydroxylation is 1. The molecule has 0 aliphatic carbocycles. The third-order valence-electron chi connectivity index (χ3n) is 6.21. The Morgan fingerprint density at radius 2 is 1.91 bits per heavy atom. The molecule has 2 N–H and O–H groups in total. The summed E-state index contributed by atoms with van der Waals surface area (Å²) in [5.41, 5.74) is 5.42. The normalized spacial score (nSPS) is 18.1. The van der Waals surface area contributed by atoms with Gasteiger partial charge in [0.05, 0.1) is 36.8 Å². The van der Waals surface area contributed by atoms with E-state index in [1.165, 1.54) is 12.8 Å². The maximum Gasteiger partial charge on any atom is 0.229 e. The molecule has 1 saturated heterocycles. The number of anilines is 2. The van der Waals surface area contributed by atoms with Crippen molar-refractivity contribution in [2.24, 2.45) is 0 Å². The van der Waals surface area contributed by atoms with E-state index in [4.69, 9.17) is 17.0 Å². The fourth-order valence-corrected chi connectivity index (χ4v) is 5.88. The number of nitrogens with zero attached hydrogens (tertiary/aromatic N) is 3. The van der Waals surface area contributed by atoms with Gasteiger partial charge >= 0.3 is 0 Å². The van der Waals surface area contributed by atoms with Crippen molar-refractivity contribution >= 4 is 38.7 Å². The molecule has 35 heavy (non-hydrogen) atoms. The lowest BCUT2D eigenvalue weighted by molar-refractivity contribution is 0.417. The molecule has 0 unspecified atom stereocenters. The van der Waals surface area contributed by atoms with Crippen LogP contribution in [0.25, 0.3) is 0 Å². The highest BCUT2D eigenvalue weighted by molar-refractivity contribution is 7.92. The SMILES string of the molecule is COc1ccc(N2C(=S)N[C@@H](c3ccccn3)[C@@H]2c2cc(C)n(C(C)C)c2C)cc1NS(C)(=O)=O. The molecule has 1 aromatic carbocycles. The van der Waals surface area contributed by atoms with Crippen LogP contribution in [0.4, 0.5) is 11.4 Å². The molecule has 2 aromatic heterocycles. The van der Waals surface area contributed by atoms with Crippen LogP contribution in [0.1, 0.15) is 54.6 Å². The minimum absolute atomic E-state index is 0.196. The molecule has 0 saturated carbocycles. The Bertz CT molecular complexity index is 1350. The van der Waals surface area contributed by atoms with Gasteiger partial charge < -0.3 is 19.5 Å². The summed E-state index contributed by atoms with van der Waals surface area (Å²) in [5, 5.41) is 4.00. The Hall–Kier alpha value is -3.11. The maximum atomic E-state index is 12.0. The van der Waals surface area contributed by atoms with E-state index in [1.54, 1.807) is 18.3 Å². The lowest BCUT2D eigenvalue weighted by Crippen LogP contribution is -2.29. The number of benzene rings is 1. The molecule has 2 atom stereocenters. The van der Waals surface area contributed by atoms with Crippen molar-refractivity contribution in [3.05, 3.63) is 71.3 Å². The molecule has 4 rings (SSSR count). The van der Waals surface area contributed by atoms with Gasteiger partial charge in [-0.3, -0.25) is 9.71 Å². The number of rotatable bonds is 7. The van der Waals surface area contributed by atoms with E-state index in [2.05, 4.69) is 53.4 Å². The van der Waals surface area contributed by atoms with Crippen LogP contribution >= 0.6 is 12.2 Å². The van der Waals surface area contributed by atoms with Gasteiger partial charge in [0, 0.05) is 29.3 Å². The Labute approximate surface area is 212 Å². The van der Waals surface area contributed by atoms with Crippen LogP contribution in [0.3, 0.4) is 0 Å². The summed E-state index contributed by atoms with van der Waals surface area (Å²) in [6.45, 7) is 8.57. The van der Waals surface area contributed by atoms with Crippen LogP contribution in [0.15, 0.2) is 48.7 Å². The predicted octanol–water partition coefficient (Wildman–Crippen LogP) is 4.64. The minimum atomic E-state index is -3.51. The fourth-order valence-electron chi connectivity index (χ4n) is 4.97. The summed E-state index contributed by atoms with van der Waals surface area (Å²) in [4.78, 5) is 6.65. The van der Waals surface area contributed by atoms with Crippen LogP contribution in [-0.4, -0.2) is 36.4 Å². The highest BCUT2D eigenvalue weighted by Crippen LogP contribution is 2.45. The molecule has 0 amide bonds. The molecule has 0 bridgehead atoms. The molecule has 1 fully saturated rings. The standard InChI is InChI=1S/C25H31N5O3S2/c1-15(2)29-16(3)13-19(17(29)4)24-23(20-9-7-8-12-26-20)27-25(34)30(24)18-10-11-22(33-5)21(14-18)28-35(6,31)32/h7-15,23-24,28H,1-6H3,(H,27,34)/t23-,24-/m0/s1. The van der Waals surface area contributed by atoms with Crippen molar-refractivity contribution in [2.75, 3.05) is 23.0 Å². The number of nitrogens with one attached hydrogen (secondary N) is 2. The van der Waals surface area contributed by atoms with Gasteiger partial charge in [-0.1, -0.05) is 6.07 Å². The van der Waals surface area contributed by atoms with Crippen LogP contribution in [0.5, 0.6) is 5.75 Å². The van der Waals surface area contributed by atoms with E-state index < -0.39 is 10.0 Å². The van der Waals surface area contributed by atoms with Crippen LogP contribution < -0.4 is 19.7 Å². The molecule has 1 aliphatic rings. The molecule has 10 heteroatoms. The summed E-state index contributed by atoms with van der Waals surface area (Å²) in [6, 6.07) is 13.3. The van der Waals surface area contributed by atoms with Gasteiger partial charge in [0.1, 0.15) is 5.75 Å². The van der Waals surface area contributed by atoms with Crippen molar-refractivity contribution in [1.29, 1.82) is 0 Å². The summed E-state index contributed by atoms with van der Waals surface area (Å²) in [5.74, 6) is 0.424. The molecular formula is C25H31N5O3S2. The van der Waals surface area contributed by atoms with Gasteiger partial charge in [-0.25, -0.2) is 8.42 Å². The Kier molecular flexibility index (Phi) is 6.79. The van der Waals surface area contributed by atoms with Gasteiger partial charge in [-0.05, 0) is 81.9 Å². The summed E-state index contributed by atoms with van der Waals surface area (Å²) < 4.78 is 34.3. The number of hydrogen-bond donors (Lipinski definition) is 2. The average molecular weight is 514 g/mol. The van der Waals surface area contributed by atoms with Crippen LogP contribution in [0.2, 0.25) is 0 Å². The lowest BCUT2D eigenvalue weighted by Gasteiger charge is -2.29. The van der Waals surface area contributed by atoms with Gasteiger partial charge in [0.25, 0.3) is 0 Å². The summed E-state index contributed by atoms with van der Waals surface area (Å²) in [6.07, 6.45) is 2.89. The zero-order valence-electron chi connectivity index (χ0n) is 20.7. The predicted molar refractivity (Wildman–Crippen MR) is 144 cm³/mol.